The van der Waals surface area contributed by atoms with E-state index < -0.39 is 0 Å². The second kappa shape index (κ2) is 6.64. The van der Waals surface area contributed by atoms with Crippen molar-refractivity contribution in [2.75, 3.05) is 26.3 Å². The lowest BCUT2D eigenvalue weighted by atomic mass is 9.80. The summed E-state index contributed by atoms with van der Waals surface area (Å²) in [7, 11) is 0. The first-order chi connectivity index (χ1) is 9.51. The topological polar surface area (TPSA) is 21.3 Å². The molecule has 0 aromatic heterocycles. The van der Waals surface area contributed by atoms with Crippen LogP contribution < -0.4 is 5.32 Å². The summed E-state index contributed by atoms with van der Waals surface area (Å²) < 4.78 is 32.6. The number of hydrogen-bond acceptors (Lipinski definition) is 2. The first kappa shape index (κ1) is 15.4. The van der Waals surface area contributed by atoms with Gasteiger partial charge >= 0.3 is 0 Å². The minimum atomic E-state index is -0.384. The summed E-state index contributed by atoms with van der Waals surface area (Å²) in [5, 5.41) is 3.43. The highest BCUT2D eigenvalue weighted by molar-refractivity contribution is 5.21. The van der Waals surface area contributed by atoms with E-state index in [1.807, 2.05) is 0 Å². The van der Waals surface area contributed by atoms with Gasteiger partial charge in [-0.3, -0.25) is 0 Å². The molecule has 1 heterocycles. The first-order valence-electron chi connectivity index (χ1n) is 7.23. The van der Waals surface area contributed by atoms with Gasteiger partial charge in [0.2, 0.25) is 0 Å². The molecule has 1 fully saturated rings. The molecule has 20 heavy (non-hydrogen) atoms. The molecule has 1 N–H and O–H groups in total. The first-order valence-corrected chi connectivity index (χ1v) is 7.23. The van der Waals surface area contributed by atoms with E-state index in [1.165, 1.54) is 12.1 Å². The number of benzene rings is 1. The van der Waals surface area contributed by atoms with Crippen molar-refractivity contribution in [2.24, 2.45) is 11.3 Å². The van der Waals surface area contributed by atoms with Gasteiger partial charge in [0.1, 0.15) is 11.6 Å². The van der Waals surface area contributed by atoms with Crippen molar-refractivity contribution in [3.05, 3.63) is 35.4 Å². The molecular weight excluding hydrogens is 260 g/mol. The van der Waals surface area contributed by atoms with Gasteiger partial charge in [0.25, 0.3) is 0 Å². The highest BCUT2D eigenvalue weighted by Crippen LogP contribution is 2.33. The van der Waals surface area contributed by atoms with Gasteiger partial charge in [0, 0.05) is 18.6 Å². The Hall–Kier alpha value is -1.00. The molecule has 0 bridgehead atoms. The molecular formula is C16H23F2NO. The molecule has 1 saturated heterocycles. The molecule has 4 heteroatoms. The fourth-order valence-corrected chi connectivity index (χ4v) is 2.70. The number of halogens is 2. The molecule has 1 aromatic carbocycles. The Labute approximate surface area is 119 Å². The second-order valence-corrected chi connectivity index (χ2v) is 6.24. The zero-order valence-electron chi connectivity index (χ0n) is 12.2. The summed E-state index contributed by atoms with van der Waals surface area (Å²) in [6.07, 6.45) is 1.40. The van der Waals surface area contributed by atoms with E-state index in [1.54, 1.807) is 0 Å². The molecule has 2 rings (SSSR count). The summed E-state index contributed by atoms with van der Waals surface area (Å²) >= 11 is 0. The number of nitrogens with one attached hydrogen (secondary N) is 1. The molecule has 0 amide bonds. The van der Waals surface area contributed by atoms with Crippen LogP contribution in [0, 0.1) is 23.0 Å². The predicted octanol–water partition coefficient (Wildman–Crippen LogP) is 3.16. The van der Waals surface area contributed by atoms with Gasteiger partial charge in [-0.25, -0.2) is 8.78 Å². The maximum atomic E-state index is 13.8. The largest absolute Gasteiger partial charge is 0.381 e. The van der Waals surface area contributed by atoms with Gasteiger partial charge in [-0.1, -0.05) is 13.8 Å². The van der Waals surface area contributed by atoms with Crippen molar-refractivity contribution in [2.45, 2.75) is 26.7 Å². The highest BCUT2D eigenvalue weighted by Gasteiger charge is 2.35. The maximum absolute atomic E-state index is 13.8. The molecule has 1 aromatic rings. The van der Waals surface area contributed by atoms with Crippen molar-refractivity contribution in [1.82, 2.24) is 5.32 Å². The van der Waals surface area contributed by atoms with E-state index in [0.29, 0.717) is 31.1 Å². The number of hydrogen-bond donors (Lipinski definition) is 1. The van der Waals surface area contributed by atoms with Crippen LogP contribution in [0.5, 0.6) is 0 Å². The van der Waals surface area contributed by atoms with Gasteiger partial charge in [-0.2, -0.15) is 0 Å². The minimum absolute atomic E-state index is 0.122. The van der Waals surface area contributed by atoms with Crippen LogP contribution in [-0.4, -0.2) is 26.3 Å². The molecule has 1 unspecified atom stereocenters. The van der Waals surface area contributed by atoms with Crippen LogP contribution in [-0.2, 0) is 11.2 Å². The van der Waals surface area contributed by atoms with Crippen LogP contribution in [0.1, 0.15) is 25.8 Å². The van der Waals surface area contributed by atoms with Gasteiger partial charge in [0.05, 0.1) is 6.61 Å². The lowest BCUT2D eigenvalue weighted by Gasteiger charge is -2.28. The summed E-state index contributed by atoms with van der Waals surface area (Å²) in [6, 6.07) is 3.67. The van der Waals surface area contributed by atoms with Gasteiger partial charge in [0.15, 0.2) is 0 Å². The average Bonchev–Trinajstić information content (AvgIpc) is 2.82. The smallest absolute Gasteiger partial charge is 0.126 e. The molecule has 0 aliphatic carbocycles. The lowest BCUT2D eigenvalue weighted by molar-refractivity contribution is 0.148. The standard InChI is InChI=1S/C16H23F2NO/c1-12(2)9-19-10-16(5-6-20-11-16)8-13-7-14(17)3-4-15(13)18/h3-4,7,12,19H,5-6,8-11H2,1-2H3. The number of rotatable bonds is 6. The molecule has 0 spiro atoms. The van der Waals surface area contributed by atoms with E-state index in [4.69, 9.17) is 4.74 Å². The number of ether oxygens (including phenoxy) is 1. The fourth-order valence-electron chi connectivity index (χ4n) is 2.70. The second-order valence-electron chi connectivity index (χ2n) is 6.24. The molecule has 0 radical (unpaired) electrons. The van der Waals surface area contributed by atoms with Crippen LogP contribution >= 0.6 is 0 Å². The predicted molar refractivity (Wildman–Crippen MR) is 75.6 cm³/mol. The Morgan fingerprint density at radius 2 is 2.15 bits per heavy atom. The Kier molecular flexibility index (Phi) is 5.11. The van der Waals surface area contributed by atoms with Crippen molar-refractivity contribution in [3.8, 4) is 0 Å². The molecule has 1 aliphatic rings. The molecule has 1 aliphatic heterocycles. The Balaban J connectivity index is 2.06. The third-order valence-corrected chi connectivity index (χ3v) is 3.81. The van der Waals surface area contributed by atoms with Crippen molar-refractivity contribution in [3.63, 3.8) is 0 Å². The van der Waals surface area contributed by atoms with E-state index in [2.05, 4.69) is 19.2 Å². The van der Waals surface area contributed by atoms with E-state index in [-0.39, 0.29) is 17.0 Å². The molecule has 2 nitrogen and oxygen atoms in total. The lowest BCUT2D eigenvalue weighted by Crippen LogP contribution is -2.38. The van der Waals surface area contributed by atoms with Crippen molar-refractivity contribution >= 4 is 0 Å². The van der Waals surface area contributed by atoms with Gasteiger partial charge < -0.3 is 10.1 Å². The third-order valence-electron chi connectivity index (χ3n) is 3.81. The summed E-state index contributed by atoms with van der Waals surface area (Å²) in [5.74, 6) is -0.146. The molecule has 1 atom stereocenters. The van der Waals surface area contributed by atoms with E-state index in [9.17, 15) is 8.78 Å². The fraction of sp³-hybridized carbons (Fsp3) is 0.625. The van der Waals surface area contributed by atoms with Crippen molar-refractivity contribution in [1.29, 1.82) is 0 Å². The Morgan fingerprint density at radius 3 is 2.80 bits per heavy atom. The SMILES string of the molecule is CC(C)CNCC1(Cc2cc(F)ccc2F)CCOC1. The van der Waals surface area contributed by atoms with Gasteiger partial charge in [-0.05, 0) is 49.1 Å². The van der Waals surface area contributed by atoms with Gasteiger partial charge in [-0.15, -0.1) is 0 Å². The van der Waals surface area contributed by atoms with Crippen LogP contribution in [0.25, 0.3) is 0 Å². The van der Waals surface area contributed by atoms with E-state index in [0.717, 1.165) is 25.6 Å². The van der Waals surface area contributed by atoms with Crippen LogP contribution in [0.2, 0.25) is 0 Å². The Bertz CT molecular complexity index is 442. The average molecular weight is 283 g/mol. The highest BCUT2D eigenvalue weighted by atomic mass is 19.1. The maximum Gasteiger partial charge on any atom is 0.126 e. The minimum Gasteiger partial charge on any atom is -0.381 e. The van der Waals surface area contributed by atoms with Crippen LogP contribution in [0.15, 0.2) is 18.2 Å². The summed E-state index contributed by atoms with van der Waals surface area (Å²) in [4.78, 5) is 0. The van der Waals surface area contributed by atoms with Crippen molar-refractivity contribution < 1.29 is 13.5 Å². The molecule has 112 valence electrons. The normalized spacial score (nSPS) is 22.6. The van der Waals surface area contributed by atoms with Crippen LogP contribution in [0.4, 0.5) is 8.78 Å². The summed E-state index contributed by atoms with van der Waals surface area (Å²) in [5.41, 5.74) is 0.325. The zero-order chi connectivity index (χ0) is 14.6. The molecule has 0 saturated carbocycles. The Morgan fingerprint density at radius 1 is 1.35 bits per heavy atom. The third kappa shape index (κ3) is 4.00. The zero-order valence-corrected chi connectivity index (χ0v) is 12.2. The monoisotopic (exact) mass is 283 g/mol. The van der Waals surface area contributed by atoms with Crippen LogP contribution in [0.3, 0.4) is 0 Å². The van der Waals surface area contributed by atoms with E-state index >= 15 is 0 Å². The summed E-state index contributed by atoms with van der Waals surface area (Å²) in [6.45, 7) is 7.30. The quantitative estimate of drug-likeness (QED) is 0.866.